The van der Waals surface area contributed by atoms with Gasteiger partial charge in [0.1, 0.15) is 5.82 Å². The van der Waals surface area contributed by atoms with Crippen LogP contribution in [0.5, 0.6) is 0 Å². The molecule has 0 unspecified atom stereocenters. The minimum atomic E-state index is -0.326. The van der Waals surface area contributed by atoms with E-state index in [1.165, 1.54) is 12.1 Å². The van der Waals surface area contributed by atoms with Crippen LogP contribution in [-0.2, 0) is 6.54 Å². The van der Waals surface area contributed by atoms with Crippen molar-refractivity contribution in [3.8, 4) is 5.82 Å². The third-order valence-corrected chi connectivity index (χ3v) is 3.70. The van der Waals surface area contributed by atoms with Gasteiger partial charge in [0.05, 0.1) is 6.04 Å². The van der Waals surface area contributed by atoms with E-state index in [2.05, 4.69) is 20.7 Å². The molecule has 3 aromatic rings. The van der Waals surface area contributed by atoms with E-state index in [-0.39, 0.29) is 17.9 Å². The summed E-state index contributed by atoms with van der Waals surface area (Å²) in [5, 5.41) is 9.64. The summed E-state index contributed by atoms with van der Waals surface area (Å²) in [5.41, 5.74) is 1.57. The van der Waals surface area contributed by atoms with E-state index >= 15 is 0 Å². The van der Waals surface area contributed by atoms with Crippen molar-refractivity contribution in [2.24, 2.45) is 0 Å². The molecular weight excluding hydrogens is 321 g/mol. The van der Waals surface area contributed by atoms with Gasteiger partial charge < -0.3 is 10.6 Å². The number of carbonyl (C=O) groups excluding carboxylic acids is 1. The summed E-state index contributed by atoms with van der Waals surface area (Å²) >= 11 is 0. The molecule has 1 atom stereocenters. The Morgan fingerprint density at radius 1 is 1.28 bits per heavy atom. The van der Waals surface area contributed by atoms with Crippen LogP contribution in [0.1, 0.15) is 24.1 Å². The van der Waals surface area contributed by atoms with Gasteiger partial charge in [-0.25, -0.2) is 18.9 Å². The third-order valence-electron chi connectivity index (χ3n) is 3.70. The molecule has 0 aliphatic heterocycles. The third kappa shape index (κ3) is 4.41. The monoisotopic (exact) mass is 339 g/mol. The average molecular weight is 339 g/mol. The number of nitrogens with zero attached hydrogens (tertiary/aromatic N) is 3. The Morgan fingerprint density at radius 2 is 2.16 bits per heavy atom. The van der Waals surface area contributed by atoms with Crippen LogP contribution in [0, 0.1) is 5.82 Å². The highest BCUT2D eigenvalue weighted by atomic mass is 19.1. The Balaban J connectivity index is 1.52. The minimum Gasteiger partial charge on any atom is -0.334 e. The second kappa shape index (κ2) is 7.57. The number of hydrogen-bond acceptors (Lipinski definition) is 3. The molecule has 6 nitrogen and oxygen atoms in total. The van der Waals surface area contributed by atoms with E-state index in [9.17, 15) is 9.18 Å². The van der Waals surface area contributed by atoms with Gasteiger partial charge in [-0.2, -0.15) is 5.10 Å². The van der Waals surface area contributed by atoms with Crippen molar-refractivity contribution in [3.05, 3.63) is 78.0 Å². The predicted octanol–water partition coefficient (Wildman–Crippen LogP) is 2.97. The first-order chi connectivity index (χ1) is 12.1. The van der Waals surface area contributed by atoms with Crippen molar-refractivity contribution in [1.82, 2.24) is 25.4 Å². The zero-order valence-corrected chi connectivity index (χ0v) is 13.7. The fourth-order valence-corrected chi connectivity index (χ4v) is 2.35. The van der Waals surface area contributed by atoms with Crippen LogP contribution >= 0.6 is 0 Å². The maximum atomic E-state index is 13.2. The summed E-state index contributed by atoms with van der Waals surface area (Å²) in [6.07, 6.45) is 5.18. The summed E-state index contributed by atoms with van der Waals surface area (Å²) in [5.74, 6) is 0.382. The van der Waals surface area contributed by atoms with Gasteiger partial charge in [0.25, 0.3) is 0 Å². The van der Waals surface area contributed by atoms with Crippen molar-refractivity contribution in [3.63, 3.8) is 0 Å². The lowest BCUT2D eigenvalue weighted by Crippen LogP contribution is -2.36. The topological polar surface area (TPSA) is 71.8 Å². The van der Waals surface area contributed by atoms with Crippen LogP contribution < -0.4 is 10.6 Å². The lowest BCUT2D eigenvalue weighted by molar-refractivity contribution is 0.237. The fraction of sp³-hybridized carbons (Fsp3) is 0.167. The van der Waals surface area contributed by atoms with Crippen LogP contribution in [0.3, 0.4) is 0 Å². The zero-order valence-electron chi connectivity index (χ0n) is 13.7. The first kappa shape index (κ1) is 16.6. The van der Waals surface area contributed by atoms with Gasteiger partial charge in [-0.15, -0.1) is 0 Å². The van der Waals surface area contributed by atoms with E-state index in [0.29, 0.717) is 17.9 Å². The Hall–Kier alpha value is -3.22. The molecular formula is C18H18FN5O. The molecule has 2 heterocycles. The average Bonchev–Trinajstić information content (AvgIpc) is 3.15. The molecule has 0 radical (unpaired) electrons. The van der Waals surface area contributed by atoms with Gasteiger partial charge in [-0.3, -0.25) is 0 Å². The summed E-state index contributed by atoms with van der Waals surface area (Å²) in [6, 6.07) is 11.1. The number of pyridine rings is 1. The molecule has 0 saturated carbocycles. The number of hydrogen-bond donors (Lipinski definition) is 2. The number of rotatable bonds is 5. The molecule has 0 spiro atoms. The molecule has 2 aromatic heterocycles. The number of amides is 2. The normalized spacial score (nSPS) is 11.8. The van der Waals surface area contributed by atoms with E-state index in [1.807, 2.05) is 24.4 Å². The zero-order chi connectivity index (χ0) is 17.6. The summed E-state index contributed by atoms with van der Waals surface area (Å²) in [7, 11) is 0. The molecule has 0 fully saturated rings. The molecule has 128 valence electrons. The van der Waals surface area contributed by atoms with Crippen molar-refractivity contribution in [1.29, 1.82) is 0 Å². The van der Waals surface area contributed by atoms with Crippen LogP contribution in [-0.4, -0.2) is 20.8 Å². The fourth-order valence-electron chi connectivity index (χ4n) is 2.35. The Morgan fingerprint density at radius 3 is 2.84 bits per heavy atom. The van der Waals surface area contributed by atoms with Gasteiger partial charge in [-0.05, 0) is 42.3 Å². The summed E-state index contributed by atoms with van der Waals surface area (Å²) in [4.78, 5) is 16.3. The summed E-state index contributed by atoms with van der Waals surface area (Å²) < 4.78 is 14.9. The lowest BCUT2D eigenvalue weighted by atomic mass is 10.1. The van der Waals surface area contributed by atoms with Gasteiger partial charge in [0.15, 0.2) is 5.82 Å². The van der Waals surface area contributed by atoms with Crippen LogP contribution in [0.4, 0.5) is 9.18 Å². The Kier molecular flexibility index (Phi) is 5.03. The largest absolute Gasteiger partial charge is 0.334 e. The predicted molar refractivity (Wildman–Crippen MR) is 91.5 cm³/mol. The molecule has 0 aliphatic rings. The van der Waals surface area contributed by atoms with Gasteiger partial charge in [-0.1, -0.05) is 18.2 Å². The highest BCUT2D eigenvalue weighted by molar-refractivity contribution is 5.74. The number of urea groups is 1. The second-order valence-corrected chi connectivity index (χ2v) is 5.58. The molecule has 0 bridgehead atoms. The molecule has 25 heavy (non-hydrogen) atoms. The molecule has 3 rings (SSSR count). The van der Waals surface area contributed by atoms with E-state index in [4.69, 9.17) is 0 Å². The van der Waals surface area contributed by atoms with Crippen LogP contribution in [0.15, 0.2) is 61.1 Å². The van der Waals surface area contributed by atoms with Crippen LogP contribution in [0.25, 0.3) is 5.82 Å². The number of nitrogens with one attached hydrogen (secondary N) is 2. The first-order valence-corrected chi connectivity index (χ1v) is 7.86. The lowest BCUT2D eigenvalue weighted by Gasteiger charge is -2.15. The van der Waals surface area contributed by atoms with Crippen molar-refractivity contribution in [2.45, 2.75) is 19.5 Å². The number of halogens is 1. The van der Waals surface area contributed by atoms with Gasteiger partial charge >= 0.3 is 6.03 Å². The molecule has 0 saturated heterocycles. The SMILES string of the molecule is C[C@@H](NC(=O)NCc1ccc(-n2cccn2)nc1)c1cccc(F)c1. The van der Waals surface area contributed by atoms with Crippen LogP contribution in [0.2, 0.25) is 0 Å². The van der Waals surface area contributed by atoms with Crippen molar-refractivity contribution < 1.29 is 9.18 Å². The van der Waals surface area contributed by atoms with E-state index in [0.717, 1.165) is 5.56 Å². The molecule has 1 aromatic carbocycles. The highest BCUT2D eigenvalue weighted by Gasteiger charge is 2.10. The number of benzene rings is 1. The molecule has 2 amide bonds. The summed E-state index contributed by atoms with van der Waals surface area (Å²) in [6.45, 7) is 2.14. The smallest absolute Gasteiger partial charge is 0.315 e. The molecule has 7 heteroatoms. The highest BCUT2D eigenvalue weighted by Crippen LogP contribution is 2.13. The maximum Gasteiger partial charge on any atom is 0.315 e. The van der Waals surface area contributed by atoms with E-state index in [1.54, 1.807) is 36.1 Å². The first-order valence-electron chi connectivity index (χ1n) is 7.86. The van der Waals surface area contributed by atoms with Gasteiger partial charge in [0.2, 0.25) is 0 Å². The van der Waals surface area contributed by atoms with Crippen molar-refractivity contribution >= 4 is 6.03 Å². The standard InChI is InChI=1S/C18H18FN5O/c1-13(15-4-2-5-16(19)10-15)23-18(25)21-12-14-6-7-17(20-11-14)24-9-3-8-22-24/h2-11,13H,12H2,1H3,(H2,21,23,25)/t13-/m1/s1. The van der Waals surface area contributed by atoms with E-state index < -0.39 is 0 Å². The maximum absolute atomic E-state index is 13.2. The second-order valence-electron chi connectivity index (χ2n) is 5.58. The Labute approximate surface area is 144 Å². The number of aromatic nitrogens is 3. The van der Waals surface area contributed by atoms with Crippen molar-refractivity contribution in [2.75, 3.05) is 0 Å². The number of carbonyl (C=O) groups is 1. The Bertz CT molecular complexity index is 833. The minimum absolute atomic E-state index is 0.295. The molecule has 2 N–H and O–H groups in total. The quantitative estimate of drug-likeness (QED) is 0.751. The van der Waals surface area contributed by atoms with Gasteiger partial charge in [0, 0.05) is 25.1 Å². The molecule has 0 aliphatic carbocycles.